The molecule has 1 aromatic carbocycles. The number of esters is 1. The molecular weight excluding hydrogens is 372 g/mol. The molecule has 0 radical (unpaired) electrons. The minimum Gasteiger partial charge on any atom is -0.477 e. The molecule has 7 nitrogen and oxygen atoms in total. The third-order valence-corrected chi connectivity index (χ3v) is 4.71. The summed E-state index contributed by atoms with van der Waals surface area (Å²) in [5.74, 6) is -0.578. The third-order valence-electron chi connectivity index (χ3n) is 4.71. The zero-order chi connectivity index (χ0) is 21.8. The van der Waals surface area contributed by atoms with Gasteiger partial charge in [0.2, 0.25) is 11.8 Å². The predicted molar refractivity (Wildman–Crippen MR) is 110 cm³/mol. The number of amides is 1. The number of rotatable bonds is 8. The Kier molecular flexibility index (Phi) is 6.95. The average Bonchev–Trinajstić information content (AvgIpc) is 2.68. The standard InChI is InChI=1S/C22H28N2O5/c1-13(2)19(20(26)28-6)24-21(27)22(4,5)12-29-18-10-17-9-15(14(3)25)7-8-16(17)11-23-18/h7-11,13,19H,12H2,1-6H3,(H,24,27)/t19-/m0/s1. The number of pyridine rings is 1. The van der Waals surface area contributed by atoms with Crippen molar-refractivity contribution < 1.29 is 23.9 Å². The quantitative estimate of drug-likeness (QED) is 0.540. The number of nitrogens with zero attached hydrogens (tertiary/aromatic N) is 1. The number of carbonyl (C=O) groups is 3. The first-order valence-corrected chi connectivity index (χ1v) is 9.47. The molecule has 29 heavy (non-hydrogen) atoms. The number of hydrogen-bond donors (Lipinski definition) is 1. The first kappa shape index (κ1) is 22.3. The van der Waals surface area contributed by atoms with Crippen molar-refractivity contribution in [3.05, 3.63) is 36.0 Å². The van der Waals surface area contributed by atoms with Gasteiger partial charge in [-0.2, -0.15) is 0 Å². The molecule has 0 saturated carbocycles. The summed E-state index contributed by atoms with van der Waals surface area (Å²) >= 11 is 0. The van der Waals surface area contributed by atoms with Gasteiger partial charge in [-0.3, -0.25) is 9.59 Å². The zero-order valence-corrected chi connectivity index (χ0v) is 17.7. The number of benzene rings is 1. The fourth-order valence-corrected chi connectivity index (χ4v) is 2.70. The Morgan fingerprint density at radius 3 is 2.41 bits per heavy atom. The highest BCUT2D eigenvalue weighted by Gasteiger charge is 2.34. The number of carbonyl (C=O) groups excluding carboxylic acids is 3. The van der Waals surface area contributed by atoms with Gasteiger partial charge in [-0.05, 0) is 38.1 Å². The Morgan fingerprint density at radius 1 is 1.14 bits per heavy atom. The summed E-state index contributed by atoms with van der Waals surface area (Å²) in [5, 5.41) is 4.46. The maximum absolute atomic E-state index is 12.7. The molecule has 1 aromatic heterocycles. The highest BCUT2D eigenvalue weighted by Crippen LogP contribution is 2.23. The molecule has 0 spiro atoms. The van der Waals surface area contributed by atoms with Crippen molar-refractivity contribution in [2.45, 2.75) is 40.7 Å². The second-order valence-corrected chi connectivity index (χ2v) is 8.03. The molecule has 0 aliphatic heterocycles. The van der Waals surface area contributed by atoms with E-state index in [1.54, 1.807) is 38.2 Å². The van der Waals surface area contributed by atoms with Gasteiger partial charge in [-0.25, -0.2) is 9.78 Å². The van der Waals surface area contributed by atoms with E-state index in [0.29, 0.717) is 11.4 Å². The van der Waals surface area contributed by atoms with Crippen LogP contribution in [-0.4, -0.2) is 42.4 Å². The second-order valence-electron chi connectivity index (χ2n) is 8.03. The van der Waals surface area contributed by atoms with Gasteiger partial charge < -0.3 is 14.8 Å². The maximum Gasteiger partial charge on any atom is 0.328 e. The van der Waals surface area contributed by atoms with Gasteiger partial charge >= 0.3 is 5.97 Å². The van der Waals surface area contributed by atoms with Crippen LogP contribution >= 0.6 is 0 Å². The monoisotopic (exact) mass is 400 g/mol. The molecule has 1 heterocycles. The van der Waals surface area contributed by atoms with Crippen LogP contribution in [0, 0.1) is 11.3 Å². The van der Waals surface area contributed by atoms with Crippen LogP contribution in [0.3, 0.4) is 0 Å². The van der Waals surface area contributed by atoms with E-state index < -0.39 is 17.4 Å². The topological polar surface area (TPSA) is 94.6 Å². The Balaban J connectivity index is 2.11. The van der Waals surface area contributed by atoms with E-state index in [4.69, 9.17) is 9.47 Å². The number of ketones is 1. The molecule has 0 fully saturated rings. The van der Waals surface area contributed by atoms with Gasteiger partial charge in [0.15, 0.2) is 5.78 Å². The van der Waals surface area contributed by atoms with Crippen molar-refractivity contribution >= 4 is 28.4 Å². The van der Waals surface area contributed by atoms with E-state index in [-0.39, 0.29) is 24.2 Å². The fraction of sp³-hybridized carbons (Fsp3) is 0.455. The summed E-state index contributed by atoms with van der Waals surface area (Å²) in [6.45, 7) is 8.70. The van der Waals surface area contributed by atoms with Crippen LogP contribution in [-0.2, 0) is 14.3 Å². The predicted octanol–water partition coefficient (Wildman–Crippen LogP) is 3.16. The third kappa shape index (κ3) is 5.53. The minimum absolute atomic E-state index is 0.0192. The molecule has 156 valence electrons. The largest absolute Gasteiger partial charge is 0.477 e. The van der Waals surface area contributed by atoms with E-state index >= 15 is 0 Å². The van der Waals surface area contributed by atoms with E-state index in [1.807, 2.05) is 19.9 Å². The molecule has 0 unspecified atom stereocenters. The lowest BCUT2D eigenvalue weighted by molar-refractivity contribution is -0.148. The number of fused-ring (bicyclic) bond motifs is 1. The van der Waals surface area contributed by atoms with Crippen LogP contribution in [0.1, 0.15) is 45.0 Å². The van der Waals surface area contributed by atoms with Gasteiger partial charge in [-0.15, -0.1) is 0 Å². The molecular formula is C22H28N2O5. The lowest BCUT2D eigenvalue weighted by Gasteiger charge is -2.27. The summed E-state index contributed by atoms with van der Waals surface area (Å²) in [6, 6.07) is 6.39. The molecule has 0 saturated heterocycles. The Labute approximate surface area is 170 Å². The van der Waals surface area contributed by atoms with Crippen LogP contribution in [0.15, 0.2) is 30.5 Å². The van der Waals surface area contributed by atoms with Gasteiger partial charge in [0, 0.05) is 23.2 Å². The van der Waals surface area contributed by atoms with Gasteiger partial charge in [0.1, 0.15) is 12.6 Å². The fourth-order valence-electron chi connectivity index (χ4n) is 2.70. The average molecular weight is 400 g/mol. The second kappa shape index (κ2) is 9.03. The zero-order valence-electron chi connectivity index (χ0n) is 17.7. The summed E-state index contributed by atoms with van der Waals surface area (Å²) < 4.78 is 10.5. The molecule has 1 N–H and O–H groups in total. The van der Waals surface area contributed by atoms with Crippen molar-refractivity contribution in [2.24, 2.45) is 11.3 Å². The highest BCUT2D eigenvalue weighted by molar-refractivity contribution is 5.98. The number of hydrogen-bond acceptors (Lipinski definition) is 6. The highest BCUT2D eigenvalue weighted by atomic mass is 16.5. The SMILES string of the molecule is COC(=O)[C@@H](NC(=O)C(C)(C)COc1cc2cc(C(C)=O)ccc2cn1)C(C)C. The molecule has 0 aliphatic carbocycles. The van der Waals surface area contributed by atoms with Crippen molar-refractivity contribution in [1.29, 1.82) is 0 Å². The normalized spacial score (nSPS) is 12.5. The Bertz CT molecular complexity index is 921. The van der Waals surface area contributed by atoms with Crippen molar-refractivity contribution in [3.8, 4) is 5.88 Å². The summed E-state index contributed by atoms with van der Waals surface area (Å²) in [5.41, 5.74) is -0.296. The number of aromatic nitrogens is 1. The van der Waals surface area contributed by atoms with E-state index in [2.05, 4.69) is 10.3 Å². The Hall–Kier alpha value is -2.96. The van der Waals surface area contributed by atoms with Crippen molar-refractivity contribution in [1.82, 2.24) is 10.3 Å². The summed E-state index contributed by atoms with van der Waals surface area (Å²) in [6.07, 6.45) is 1.66. The van der Waals surface area contributed by atoms with Gasteiger partial charge in [0.05, 0.1) is 12.5 Å². The molecule has 1 atom stereocenters. The van der Waals surface area contributed by atoms with Crippen LogP contribution in [0.5, 0.6) is 5.88 Å². The molecule has 0 bridgehead atoms. The van der Waals surface area contributed by atoms with Crippen LogP contribution in [0.25, 0.3) is 10.8 Å². The number of methoxy groups -OCH3 is 1. The molecule has 7 heteroatoms. The number of ether oxygens (including phenoxy) is 2. The smallest absolute Gasteiger partial charge is 0.328 e. The summed E-state index contributed by atoms with van der Waals surface area (Å²) in [7, 11) is 1.29. The maximum atomic E-state index is 12.7. The molecule has 0 aliphatic rings. The lowest BCUT2D eigenvalue weighted by Crippen LogP contribution is -2.51. The molecule has 2 rings (SSSR count). The Morgan fingerprint density at radius 2 is 1.83 bits per heavy atom. The van der Waals surface area contributed by atoms with Gasteiger partial charge in [-0.1, -0.05) is 26.0 Å². The molecule has 2 aromatic rings. The van der Waals surface area contributed by atoms with E-state index in [9.17, 15) is 14.4 Å². The lowest BCUT2D eigenvalue weighted by atomic mass is 9.92. The van der Waals surface area contributed by atoms with Crippen LogP contribution < -0.4 is 10.1 Å². The van der Waals surface area contributed by atoms with E-state index in [0.717, 1.165) is 10.8 Å². The summed E-state index contributed by atoms with van der Waals surface area (Å²) in [4.78, 5) is 40.4. The first-order valence-electron chi connectivity index (χ1n) is 9.47. The minimum atomic E-state index is -0.904. The van der Waals surface area contributed by atoms with Crippen molar-refractivity contribution in [2.75, 3.05) is 13.7 Å². The van der Waals surface area contributed by atoms with Crippen molar-refractivity contribution in [3.63, 3.8) is 0 Å². The molecule has 1 amide bonds. The van der Waals surface area contributed by atoms with Crippen LogP contribution in [0.2, 0.25) is 0 Å². The number of Topliss-reactive ketones (excluding diaryl/α,β-unsaturated/α-hetero) is 1. The van der Waals surface area contributed by atoms with Crippen LogP contribution in [0.4, 0.5) is 0 Å². The first-order chi connectivity index (χ1) is 13.5. The number of nitrogens with one attached hydrogen (secondary N) is 1. The van der Waals surface area contributed by atoms with E-state index in [1.165, 1.54) is 14.0 Å². The van der Waals surface area contributed by atoms with Gasteiger partial charge in [0.25, 0.3) is 0 Å².